The van der Waals surface area contributed by atoms with Crippen LogP contribution in [0.3, 0.4) is 0 Å². The topological polar surface area (TPSA) is 45.0 Å². The van der Waals surface area contributed by atoms with Crippen molar-refractivity contribution in [2.75, 3.05) is 0 Å². The van der Waals surface area contributed by atoms with Crippen LogP contribution in [0.4, 0.5) is 5.69 Å². The van der Waals surface area contributed by atoms with Crippen LogP contribution in [-0.4, -0.2) is 17.1 Å². The lowest BCUT2D eigenvalue weighted by Gasteiger charge is -2.00. The van der Waals surface area contributed by atoms with Crippen LogP contribution in [0.15, 0.2) is 46.6 Å². The van der Waals surface area contributed by atoms with Crippen molar-refractivity contribution in [2.24, 2.45) is 10.1 Å². The number of oxime groups is 1. The summed E-state index contributed by atoms with van der Waals surface area (Å²) >= 11 is 0. The SMILES string of the molecule is ON=Cc1cccc2c1N=C1C=CC=C12. The van der Waals surface area contributed by atoms with E-state index in [0.717, 1.165) is 28.1 Å². The van der Waals surface area contributed by atoms with E-state index >= 15 is 0 Å². The zero-order chi connectivity index (χ0) is 10.3. The number of hydrogen-bond acceptors (Lipinski definition) is 3. The first-order valence-electron chi connectivity index (χ1n) is 4.68. The molecule has 15 heavy (non-hydrogen) atoms. The van der Waals surface area contributed by atoms with Gasteiger partial charge in [-0.05, 0) is 6.08 Å². The summed E-state index contributed by atoms with van der Waals surface area (Å²) in [5.41, 5.74) is 4.97. The van der Waals surface area contributed by atoms with Gasteiger partial charge in [0.1, 0.15) is 0 Å². The molecule has 1 aromatic carbocycles. The number of rotatable bonds is 1. The van der Waals surface area contributed by atoms with Crippen molar-refractivity contribution in [3.8, 4) is 0 Å². The van der Waals surface area contributed by atoms with Crippen molar-refractivity contribution in [1.82, 2.24) is 0 Å². The Morgan fingerprint density at radius 2 is 2.27 bits per heavy atom. The van der Waals surface area contributed by atoms with Crippen molar-refractivity contribution in [3.63, 3.8) is 0 Å². The molecule has 3 nitrogen and oxygen atoms in total. The lowest BCUT2D eigenvalue weighted by Crippen LogP contribution is -1.87. The van der Waals surface area contributed by atoms with E-state index in [1.54, 1.807) is 0 Å². The first-order chi connectivity index (χ1) is 7.40. The average Bonchev–Trinajstić information content (AvgIpc) is 2.79. The number of allylic oxidation sites excluding steroid dienone is 4. The second kappa shape index (κ2) is 2.92. The minimum atomic E-state index is 0.839. The summed E-state index contributed by atoms with van der Waals surface area (Å²) in [7, 11) is 0. The molecule has 0 aromatic heterocycles. The zero-order valence-electron chi connectivity index (χ0n) is 7.88. The van der Waals surface area contributed by atoms with Gasteiger partial charge < -0.3 is 5.21 Å². The Morgan fingerprint density at radius 3 is 3.13 bits per heavy atom. The number of aliphatic imine (C=N–C) groups is 1. The fourth-order valence-corrected chi connectivity index (χ4v) is 1.93. The summed E-state index contributed by atoms with van der Waals surface area (Å²) in [4.78, 5) is 4.49. The fraction of sp³-hybridized carbons (Fsp3) is 0. The average molecular weight is 196 g/mol. The van der Waals surface area contributed by atoms with Gasteiger partial charge in [0.25, 0.3) is 0 Å². The predicted molar refractivity (Wildman–Crippen MR) is 60.0 cm³/mol. The number of fused-ring (bicyclic) bond motifs is 3. The third-order valence-electron chi connectivity index (χ3n) is 2.58. The molecule has 0 unspecified atom stereocenters. The molecule has 0 saturated heterocycles. The highest BCUT2D eigenvalue weighted by Crippen LogP contribution is 2.38. The van der Waals surface area contributed by atoms with Gasteiger partial charge in [0.15, 0.2) is 0 Å². The Hall–Kier alpha value is -2.16. The Bertz CT molecular complexity index is 551. The lowest BCUT2D eigenvalue weighted by molar-refractivity contribution is 0.322. The summed E-state index contributed by atoms with van der Waals surface area (Å²) < 4.78 is 0. The maximum Gasteiger partial charge on any atom is 0.0805 e. The van der Waals surface area contributed by atoms with E-state index in [1.165, 1.54) is 6.21 Å². The molecular weight excluding hydrogens is 188 g/mol. The van der Waals surface area contributed by atoms with Crippen molar-refractivity contribution in [1.29, 1.82) is 0 Å². The fourth-order valence-electron chi connectivity index (χ4n) is 1.93. The van der Waals surface area contributed by atoms with Gasteiger partial charge >= 0.3 is 0 Å². The summed E-state index contributed by atoms with van der Waals surface area (Å²) in [6, 6.07) is 5.85. The van der Waals surface area contributed by atoms with Gasteiger partial charge in [-0.2, -0.15) is 0 Å². The number of hydrogen-bond donors (Lipinski definition) is 1. The summed E-state index contributed by atoms with van der Waals surface area (Å²) in [6.07, 6.45) is 7.43. The maximum atomic E-state index is 8.55. The quantitative estimate of drug-likeness (QED) is 0.418. The predicted octanol–water partition coefficient (Wildman–Crippen LogP) is 2.53. The Morgan fingerprint density at radius 1 is 1.33 bits per heavy atom. The van der Waals surface area contributed by atoms with E-state index in [4.69, 9.17) is 5.21 Å². The van der Waals surface area contributed by atoms with E-state index in [0.29, 0.717) is 0 Å². The normalized spacial score (nSPS) is 16.5. The molecule has 0 atom stereocenters. The van der Waals surface area contributed by atoms with Gasteiger partial charge in [-0.15, -0.1) is 0 Å². The molecule has 0 spiro atoms. The van der Waals surface area contributed by atoms with Crippen LogP contribution in [0.5, 0.6) is 0 Å². The minimum Gasteiger partial charge on any atom is -0.411 e. The molecule has 1 aliphatic heterocycles. The van der Waals surface area contributed by atoms with Crippen molar-refractivity contribution >= 4 is 23.2 Å². The molecule has 3 rings (SSSR count). The highest BCUT2D eigenvalue weighted by atomic mass is 16.4. The summed E-state index contributed by atoms with van der Waals surface area (Å²) in [6.45, 7) is 0. The van der Waals surface area contributed by atoms with Gasteiger partial charge in [0.05, 0.1) is 17.6 Å². The van der Waals surface area contributed by atoms with Gasteiger partial charge in [-0.3, -0.25) is 0 Å². The highest BCUT2D eigenvalue weighted by molar-refractivity contribution is 6.36. The number of benzene rings is 1. The van der Waals surface area contributed by atoms with Crippen LogP contribution in [0, 0.1) is 0 Å². The smallest absolute Gasteiger partial charge is 0.0805 e. The molecule has 0 amide bonds. The highest BCUT2D eigenvalue weighted by Gasteiger charge is 2.22. The van der Waals surface area contributed by atoms with Crippen molar-refractivity contribution < 1.29 is 5.21 Å². The third kappa shape index (κ3) is 1.06. The van der Waals surface area contributed by atoms with E-state index in [9.17, 15) is 0 Å². The zero-order valence-corrected chi connectivity index (χ0v) is 7.88. The molecule has 1 heterocycles. The van der Waals surface area contributed by atoms with E-state index < -0.39 is 0 Å². The minimum absolute atomic E-state index is 0.839. The van der Waals surface area contributed by atoms with Crippen LogP contribution < -0.4 is 0 Å². The van der Waals surface area contributed by atoms with Gasteiger partial charge in [-0.25, -0.2) is 4.99 Å². The maximum absolute atomic E-state index is 8.55. The second-order valence-corrected chi connectivity index (χ2v) is 3.42. The Labute approximate surface area is 86.8 Å². The first kappa shape index (κ1) is 8.17. The van der Waals surface area contributed by atoms with Crippen LogP contribution in [0.2, 0.25) is 0 Å². The van der Waals surface area contributed by atoms with Crippen LogP contribution in [0.25, 0.3) is 5.57 Å². The van der Waals surface area contributed by atoms with E-state index in [2.05, 4.69) is 10.1 Å². The number of para-hydroxylation sites is 1. The molecule has 0 radical (unpaired) electrons. The summed E-state index contributed by atoms with van der Waals surface area (Å²) in [5.74, 6) is 0. The standard InChI is InChI=1S/C12H8N2O/c15-13-7-8-3-1-5-10-9-4-2-6-11(9)14-12(8)10/h1-7,15H. The Kier molecular flexibility index (Phi) is 1.59. The van der Waals surface area contributed by atoms with E-state index in [-0.39, 0.29) is 0 Å². The largest absolute Gasteiger partial charge is 0.411 e. The van der Waals surface area contributed by atoms with E-state index in [1.807, 2.05) is 36.4 Å². The molecule has 1 aromatic rings. The molecule has 72 valence electrons. The molecule has 2 aliphatic rings. The third-order valence-corrected chi connectivity index (χ3v) is 2.58. The summed E-state index contributed by atoms with van der Waals surface area (Å²) in [5, 5.41) is 11.6. The molecule has 1 aliphatic carbocycles. The molecule has 0 saturated carbocycles. The van der Waals surface area contributed by atoms with Crippen molar-refractivity contribution in [3.05, 3.63) is 47.6 Å². The second-order valence-electron chi connectivity index (χ2n) is 3.42. The van der Waals surface area contributed by atoms with Crippen LogP contribution in [0.1, 0.15) is 11.1 Å². The Balaban J connectivity index is 2.25. The lowest BCUT2D eigenvalue weighted by atomic mass is 10.0. The first-order valence-corrected chi connectivity index (χ1v) is 4.68. The molecule has 0 fully saturated rings. The van der Waals surface area contributed by atoms with Gasteiger partial charge in [-0.1, -0.05) is 35.5 Å². The molecular formula is C12H8N2O. The molecule has 0 bridgehead atoms. The van der Waals surface area contributed by atoms with Gasteiger partial charge in [0, 0.05) is 16.7 Å². The molecule has 3 heteroatoms. The van der Waals surface area contributed by atoms with Gasteiger partial charge in [0.2, 0.25) is 0 Å². The number of nitrogens with zero attached hydrogens (tertiary/aromatic N) is 2. The molecule has 1 N–H and O–H groups in total. The van der Waals surface area contributed by atoms with Crippen LogP contribution in [-0.2, 0) is 0 Å². The monoisotopic (exact) mass is 196 g/mol. The van der Waals surface area contributed by atoms with Crippen LogP contribution >= 0.6 is 0 Å². The van der Waals surface area contributed by atoms with Crippen molar-refractivity contribution in [2.45, 2.75) is 0 Å².